The first kappa shape index (κ1) is 27.4. The second-order valence-corrected chi connectivity index (χ2v) is 10.3. The summed E-state index contributed by atoms with van der Waals surface area (Å²) in [5.41, 5.74) is 3.52. The third-order valence-corrected chi connectivity index (χ3v) is 7.74. The molecule has 3 amide bonds. The van der Waals surface area contributed by atoms with E-state index in [0.29, 0.717) is 42.9 Å². The lowest BCUT2D eigenvalue weighted by molar-refractivity contribution is -0.137. The van der Waals surface area contributed by atoms with Crippen LogP contribution in [0.1, 0.15) is 44.7 Å². The summed E-state index contributed by atoms with van der Waals surface area (Å²) in [4.78, 5) is 45.5. The first-order chi connectivity index (χ1) is 19.5. The van der Waals surface area contributed by atoms with Crippen LogP contribution in [0.15, 0.2) is 72.8 Å². The Morgan fingerprint density at radius 3 is 2.55 bits per heavy atom. The Kier molecular flexibility index (Phi) is 8.45. The van der Waals surface area contributed by atoms with Crippen molar-refractivity contribution >= 4 is 23.4 Å². The maximum Gasteiger partial charge on any atom is 0.263 e. The molecule has 2 aliphatic heterocycles. The highest BCUT2D eigenvalue weighted by Crippen LogP contribution is 2.34. The number of imide groups is 1. The molecule has 2 aliphatic rings. The van der Waals surface area contributed by atoms with E-state index in [4.69, 9.17) is 4.74 Å². The quantitative estimate of drug-likeness (QED) is 0.393. The average Bonchev–Trinajstić information content (AvgIpc) is 3.25. The van der Waals surface area contributed by atoms with Crippen LogP contribution in [0.25, 0.3) is 0 Å². The summed E-state index contributed by atoms with van der Waals surface area (Å²) in [6, 6.07) is 22.8. The summed E-state index contributed by atoms with van der Waals surface area (Å²) >= 11 is 0. The molecule has 0 radical (unpaired) electrons. The number of nitrogens with zero attached hydrogens (tertiary/aromatic N) is 3. The van der Waals surface area contributed by atoms with Gasteiger partial charge >= 0.3 is 0 Å². The molecule has 1 saturated heterocycles. The van der Waals surface area contributed by atoms with Crippen LogP contribution in [0.4, 0.5) is 5.69 Å². The Morgan fingerprint density at radius 1 is 1.00 bits per heavy atom. The number of aliphatic hydroxyl groups is 1. The van der Waals surface area contributed by atoms with Crippen LogP contribution >= 0.6 is 0 Å². The minimum Gasteiger partial charge on any atom is -0.497 e. The van der Waals surface area contributed by atoms with Crippen LogP contribution in [0.2, 0.25) is 0 Å². The second-order valence-electron chi connectivity index (χ2n) is 10.3. The summed E-state index contributed by atoms with van der Waals surface area (Å²) in [5.74, 6) is -0.115. The standard InChI is InChI=1S/C32H35N3O5/c1-40-26-12-5-10-23(20-26)15-17-35-31(38)27-13-6-14-28(29(27)32(35)39)33-16-7-11-25(22-33)30(37)34(18-19-36)21-24-8-3-2-4-9-24/h2-6,8-10,12-14,20,25,36H,7,11,15-19,21-22H2,1H3/t25-/m0/s1. The SMILES string of the molecule is COc1cccc(CCN2C(=O)c3cccc(N4CCC[C@H](C(=O)N(CCO)Cc5ccccc5)C4)c3C2=O)c1. The number of benzene rings is 3. The molecule has 0 aromatic heterocycles. The molecule has 8 heteroatoms. The van der Waals surface area contributed by atoms with E-state index in [-0.39, 0.29) is 43.3 Å². The van der Waals surface area contributed by atoms with E-state index in [2.05, 4.69) is 4.90 Å². The first-order valence-corrected chi connectivity index (χ1v) is 13.8. The third kappa shape index (κ3) is 5.72. The molecule has 1 N–H and O–H groups in total. The van der Waals surface area contributed by atoms with E-state index in [1.807, 2.05) is 66.7 Å². The summed E-state index contributed by atoms with van der Waals surface area (Å²) in [6.45, 7) is 2.02. The number of ether oxygens (including phenoxy) is 1. The van der Waals surface area contributed by atoms with E-state index in [1.165, 1.54) is 4.90 Å². The van der Waals surface area contributed by atoms with Crippen molar-refractivity contribution in [2.24, 2.45) is 5.92 Å². The molecule has 1 atom stereocenters. The number of carbonyl (C=O) groups is 3. The van der Waals surface area contributed by atoms with E-state index >= 15 is 0 Å². The van der Waals surface area contributed by atoms with Crippen molar-refractivity contribution in [2.75, 3.05) is 44.8 Å². The highest BCUT2D eigenvalue weighted by Gasteiger charge is 2.39. The summed E-state index contributed by atoms with van der Waals surface area (Å²) < 4.78 is 5.29. The van der Waals surface area contributed by atoms with Crippen molar-refractivity contribution in [3.05, 3.63) is 95.1 Å². The smallest absolute Gasteiger partial charge is 0.263 e. The molecule has 0 aliphatic carbocycles. The highest BCUT2D eigenvalue weighted by molar-refractivity contribution is 6.23. The van der Waals surface area contributed by atoms with Crippen LogP contribution in [0.5, 0.6) is 5.75 Å². The number of piperidine rings is 1. The monoisotopic (exact) mass is 541 g/mol. The van der Waals surface area contributed by atoms with Crippen molar-refractivity contribution in [1.29, 1.82) is 0 Å². The van der Waals surface area contributed by atoms with Crippen molar-refractivity contribution in [3.63, 3.8) is 0 Å². The lowest BCUT2D eigenvalue weighted by Gasteiger charge is -2.36. The Morgan fingerprint density at radius 2 is 1.77 bits per heavy atom. The van der Waals surface area contributed by atoms with Gasteiger partial charge in [0.25, 0.3) is 11.8 Å². The fraction of sp³-hybridized carbons (Fsp3) is 0.344. The topological polar surface area (TPSA) is 90.4 Å². The number of methoxy groups -OCH3 is 1. The molecule has 208 valence electrons. The Labute approximate surface area is 234 Å². The van der Waals surface area contributed by atoms with E-state index in [9.17, 15) is 19.5 Å². The van der Waals surface area contributed by atoms with Gasteiger partial charge in [-0.15, -0.1) is 0 Å². The zero-order chi connectivity index (χ0) is 28.1. The van der Waals surface area contributed by atoms with Crippen LogP contribution in [0, 0.1) is 5.92 Å². The summed E-state index contributed by atoms with van der Waals surface area (Å²) in [6.07, 6.45) is 2.06. The molecule has 40 heavy (non-hydrogen) atoms. The van der Waals surface area contributed by atoms with Crippen LogP contribution in [-0.2, 0) is 17.8 Å². The predicted octanol–water partition coefficient (Wildman–Crippen LogP) is 3.77. The Hall–Kier alpha value is -4.17. The lowest BCUT2D eigenvalue weighted by atomic mass is 9.94. The molecule has 0 bridgehead atoms. The summed E-state index contributed by atoms with van der Waals surface area (Å²) in [7, 11) is 1.61. The number of fused-ring (bicyclic) bond motifs is 1. The fourth-order valence-electron chi connectivity index (χ4n) is 5.70. The first-order valence-electron chi connectivity index (χ1n) is 13.8. The van der Waals surface area contributed by atoms with E-state index in [1.54, 1.807) is 18.1 Å². The number of amides is 3. The largest absolute Gasteiger partial charge is 0.497 e. The van der Waals surface area contributed by atoms with Gasteiger partial charge in [-0.05, 0) is 54.7 Å². The van der Waals surface area contributed by atoms with Crippen molar-refractivity contribution in [2.45, 2.75) is 25.8 Å². The number of carbonyl (C=O) groups excluding carboxylic acids is 3. The predicted molar refractivity (Wildman–Crippen MR) is 152 cm³/mol. The Balaban J connectivity index is 1.31. The van der Waals surface area contributed by atoms with Gasteiger partial charge in [0.2, 0.25) is 5.91 Å². The molecule has 0 spiro atoms. The van der Waals surface area contributed by atoms with Gasteiger partial charge in [0, 0.05) is 32.7 Å². The normalized spacial score (nSPS) is 16.7. The van der Waals surface area contributed by atoms with Gasteiger partial charge in [-0.1, -0.05) is 48.5 Å². The van der Waals surface area contributed by atoms with Crippen molar-refractivity contribution < 1.29 is 24.2 Å². The van der Waals surface area contributed by atoms with Gasteiger partial charge in [-0.2, -0.15) is 0 Å². The zero-order valence-corrected chi connectivity index (χ0v) is 22.8. The minimum atomic E-state index is -0.294. The molecule has 8 nitrogen and oxygen atoms in total. The molecule has 3 aromatic carbocycles. The molecular weight excluding hydrogens is 506 g/mol. The molecular formula is C32H35N3O5. The molecule has 0 saturated carbocycles. The fourth-order valence-corrected chi connectivity index (χ4v) is 5.70. The average molecular weight is 542 g/mol. The molecule has 1 fully saturated rings. The number of hydrogen-bond acceptors (Lipinski definition) is 6. The molecule has 0 unspecified atom stereocenters. The van der Waals surface area contributed by atoms with Crippen LogP contribution in [-0.4, -0.2) is 72.5 Å². The van der Waals surface area contributed by atoms with E-state index < -0.39 is 0 Å². The van der Waals surface area contributed by atoms with Gasteiger partial charge in [0.15, 0.2) is 0 Å². The molecule has 2 heterocycles. The minimum absolute atomic E-state index is 0.00232. The highest BCUT2D eigenvalue weighted by atomic mass is 16.5. The van der Waals surface area contributed by atoms with E-state index in [0.717, 1.165) is 29.7 Å². The lowest BCUT2D eigenvalue weighted by Crippen LogP contribution is -2.45. The van der Waals surface area contributed by atoms with Crippen molar-refractivity contribution in [3.8, 4) is 5.75 Å². The number of rotatable bonds is 10. The maximum absolute atomic E-state index is 13.6. The van der Waals surface area contributed by atoms with Crippen molar-refractivity contribution in [1.82, 2.24) is 9.80 Å². The number of hydrogen-bond donors (Lipinski definition) is 1. The number of anilines is 1. The molecule has 3 aromatic rings. The van der Waals surface area contributed by atoms with Crippen LogP contribution < -0.4 is 9.64 Å². The van der Waals surface area contributed by atoms with Gasteiger partial charge in [0.1, 0.15) is 5.75 Å². The maximum atomic E-state index is 13.6. The third-order valence-electron chi connectivity index (χ3n) is 7.74. The van der Waals surface area contributed by atoms with Gasteiger partial charge < -0.3 is 19.6 Å². The second kappa shape index (κ2) is 12.3. The zero-order valence-electron chi connectivity index (χ0n) is 22.8. The van der Waals surface area contributed by atoms with Gasteiger partial charge in [-0.3, -0.25) is 19.3 Å². The molecule has 5 rings (SSSR count). The van der Waals surface area contributed by atoms with Gasteiger partial charge in [0.05, 0.1) is 36.4 Å². The Bertz CT molecular complexity index is 1380. The number of aliphatic hydroxyl groups excluding tert-OH is 1. The summed E-state index contributed by atoms with van der Waals surface area (Å²) in [5, 5.41) is 9.63. The van der Waals surface area contributed by atoms with Gasteiger partial charge in [-0.25, -0.2) is 0 Å². The van der Waals surface area contributed by atoms with Crippen LogP contribution in [0.3, 0.4) is 0 Å².